The predicted octanol–water partition coefficient (Wildman–Crippen LogP) is 0.792. The Hall–Kier alpha value is -1.92. The number of morpholine rings is 1. The van der Waals surface area contributed by atoms with Crippen LogP contribution in [0.5, 0.6) is 0 Å². The molecule has 2 amide bonds. The summed E-state index contributed by atoms with van der Waals surface area (Å²) in [5.41, 5.74) is 2.26. The van der Waals surface area contributed by atoms with Crippen molar-refractivity contribution in [2.45, 2.75) is 19.9 Å². The third kappa shape index (κ3) is 5.03. The highest BCUT2D eigenvalue weighted by Gasteiger charge is 2.34. The standard InChI is InChI=1S/C19H27N3O3/c1-15-3-2-4-16(11-15)13-20-19(24)17-12-18(23)22(14-17)6-5-21-7-9-25-10-8-21/h2-4,11,17H,5-10,12-14H2,1H3,(H,20,24)/t17-/m0/s1. The first-order valence-corrected chi connectivity index (χ1v) is 9.03. The normalized spacial score (nSPS) is 21.6. The highest BCUT2D eigenvalue weighted by Crippen LogP contribution is 2.18. The van der Waals surface area contributed by atoms with Crippen LogP contribution in [0.2, 0.25) is 0 Å². The first-order chi connectivity index (χ1) is 12.1. The molecule has 6 heteroatoms. The van der Waals surface area contributed by atoms with Crippen molar-refractivity contribution in [3.63, 3.8) is 0 Å². The maximum absolute atomic E-state index is 12.4. The SMILES string of the molecule is Cc1cccc(CNC(=O)[C@H]2CC(=O)N(CCN3CCOCC3)C2)c1. The third-order valence-electron chi connectivity index (χ3n) is 4.92. The van der Waals surface area contributed by atoms with Crippen LogP contribution in [0.3, 0.4) is 0 Å². The second kappa shape index (κ2) is 8.45. The molecule has 2 heterocycles. The Bertz CT molecular complexity index is 614. The lowest BCUT2D eigenvalue weighted by Gasteiger charge is -2.28. The molecule has 2 aliphatic rings. The highest BCUT2D eigenvalue weighted by atomic mass is 16.5. The van der Waals surface area contributed by atoms with Gasteiger partial charge in [0, 0.05) is 45.7 Å². The fourth-order valence-electron chi connectivity index (χ4n) is 3.41. The van der Waals surface area contributed by atoms with Gasteiger partial charge in [-0.3, -0.25) is 14.5 Å². The number of rotatable bonds is 6. The maximum atomic E-state index is 12.4. The van der Waals surface area contributed by atoms with E-state index in [1.165, 1.54) is 5.56 Å². The number of carbonyl (C=O) groups is 2. The van der Waals surface area contributed by atoms with E-state index in [9.17, 15) is 9.59 Å². The van der Waals surface area contributed by atoms with E-state index in [4.69, 9.17) is 4.74 Å². The van der Waals surface area contributed by atoms with E-state index in [0.29, 0.717) is 26.1 Å². The summed E-state index contributed by atoms with van der Waals surface area (Å²) in [4.78, 5) is 28.7. The number of hydrogen-bond acceptors (Lipinski definition) is 4. The van der Waals surface area contributed by atoms with Gasteiger partial charge in [-0.05, 0) is 12.5 Å². The quantitative estimate of drug-likeness (QED) is 0.828. The molecule has 1 aromatic rings. The van der Waals surface area contributed by atoms with Gasteiger partial charge in [0.2, 0.25) is 11.8 Å². The summed E-state index contributed by atoms with van der Waals surface area (Å²) in [6, 6.07) is 8.09. The second-order valence-electron chi connectivity index (χ2n) is 6.90. The van der Waals surface area contributed by atoms with Crippen molar-refractivity contribution >= 4 is 11.8 Å². The van der Waals surface area contributed by atoms with Crippen molar-refractivity contribution in [3.05, 3.63) is 35.4 Å². The Morgan fingerprint density at radius 3 is 2.84 bits per heavy atom. The average molecular weight is 345 g/mol. The van der Waals surface area contributed by atoms with Crippen LogP contribution >= 0.6 is 0 Å². The van der Waals surface area contributed by atoms with Gasteiger partial charge in [0.25, 0.3) is 0 Å². The molecule has 1 aromatic carbocycles. The van der Waals surface area contributed by atoms with Crippen LogP contribution in [-0.4, -0.2) is 67.6 Å². The number of amides is 2. The first-order valence-electron chi connectivity index (χ1n) is 9.03. The number of nitrogens with one attached hydrogen (secondary N) is 1. The van der Waals surface area contributed by atoms with Gasteiger partial charge >= 0.3 is 0 Å². The zero-order valence-electron chi connectivity index (χ0n) is 14.9. The minimum Gasteiger partial charge on any atom is -0.379 e. The monoisotopic (exact) mass is 345 g/mol. The van der Waals surface area contributed by atoms with E-state index >= 15 is 0 Å². The summed E-state index contributed by atoms with van der Waals surface area (Å²) in [5.74, 6) is -0.172. The van der Waals surface area contributed by atoms with E-state index in [2.05, 4.69) is 16.3 Å². The fourth-order valence-corrected chi connectivity index (χ4v) is 3.41. The Morgan fingerprint density at radius 1 is 1.28 bits per heavy atom. The van der Waals surface area contributed by atoms with Gasteiger partial charge in [0.05, 0.1) is 19.1 Å². The van der Waals surface area contributed by atoms with Gasteiger partial charge in [-0.25, -0.2) is 0 Å². The summed E-state index contributed by atoms with van der Waals surface area (Å²) in [7, 11) is 0. The Morgan fingerprint density at radius 2 is 2.08 bits per heavy atom. The van der Waals surface area contributed by atoms with Crippen LogP contribution in [0.1, 0.15) is 17.5 Å². The van der Waals surface area contributed by atoms with E-state index in [1.807, 2.05) is 30.0 Å². The topological polar surface area (TPSA) is 61.9 Å². The summed E-state index contributed by atoms with van der Waals surface area (Å²) >= 11 is 0. The van der Waals surface area contributed by atoms with Crippen LogP contribution in [0, 0.1) is 12.8 Å². The number of nitrogens with zero attached hydrogens (tertiary/aromatic N) is 2. The summed E-state index contributed by atoms with van der Waals surface area (Å²) < 4.78 is 5.34. The zero-order chi connectivity index (χ0) is 17.6. The smallest absolute Gasteiger partial charge is 0.225 e. The van der Waals surface area contributed by atoms with E-state index in [1.54, 1.807) is 0 Å². The van der Waals surface area contributed by atoms with Crippen molar-refractivity contribution in [3.8, 4) is 0 Å². The molecule has 1 N–H and O–H groups in total. The lowest BCUT2D eigenvalue weighted by molar-refractivity contribution is -0.129. The summed E-state index contributed by atoms with van der Waals surface area (Å²) in [6.45, 7) is 7.99. The van der Waals surface area contributed by atoms with Crippen LogP contribution < -0.4 is 5.32 Å². The lowest BCUT2D eigenvalue weighted by Crippen LogP contribution is -2.42. The van der Waals surface area contributed by atoms with Crippen LogP contribution in [0.25, 0.3) is 0 Å². The zero-order valence-corrected chi connectivity index (χ0v) is 14.9. The largest absolute Gasteiger partial charge is 0.379 e. The van der Waals surface area contributed by atoms with E-state index in [0.717, 1.165) is 38.4 Å². The minimum absolute atomic E-state index is 0.0243. The van der Waals surface area contributed by atoms with Crippen molar-refractivity contribution in [1.82, 2.24) is 15.1 Å². The average Bonchev–Trinajstić information content (AvgIpc) is 3.00. The molecule has 0 spiro atoms. The number of ether oxygens (including phenoxy) is 1. The van der Waals surface area contributed by atoms with E-state index < -0.39 is 0 Å². The molecule has 0 unspecified atom stereocenters. The van der Waals surface area contributed by atoms with Gasteiger partial charge in [0.15, 0.2) is 0 Å². The minimum atomic E-state index is -0.234. The molecule has 0 saturated carbocycles. The van der Waals surface area contributed by atoms with Crippen molar-refractivity contribution in [1.29, 1.82) is 0 Å². The molecule has 136 valence electrons. The molecule has 0 radical (unpaired) electrons. The lowest BCUT2D eigenvalue weighted by atomic mass is 10.1. The van der Waals surface area contributed by atoms with E-state index in [-0.39, 0.29) is 17.7 Å². The Kier molecular flexibility index (Phi) is 6.04. The molecule has 0 aliphatic carbocycles. The number of aryl methyl sites for hydroxylation is 1. The molecular formula is C19H27N3O3. The van der Waals surface area contributed by atoms with Gasteiger partial charge in [-0.15, -0.1) is 0 Å². The molecule has 0 aromatic heterocycles. The predicted molar refractivity (Wildman–Crippen MR) is 95.0 cm³/mol. The second-order valence-corrected chi connectivity index (χ2v) is 6.90. The summed E-state index contributed by atoms with van der Waals surface area (Å²) in [6.07, 6.45) is 0.322. The Balaban J connectivity index is 1.43. The van der Waals surface area contributed by atoms with Crippen LogP contribution in [-0.2, 0) is 20.9 Å². The fraction of sp³-hybridized carbons (Fsp3) is 0.579. The third-order valence-corrected chi connectivity index (χ3v) is 4.92. The molecule has 6 nitrogen and oxygen atoms in total. The molecular weight excluding hydrogens is 318 g/mol. The van der Waals surface area contributed by atoms with Crippen LogP contribution in [0.15, 0.2) is 24.3 Å². The molecule has 2 saturated heterocycles. The Labute approximate surface area is 149 Å². The highest BCUT2D eigenvalue weighted by molar-refractivity contribution is 5.89. The van der Waals surface area contributed by atoms with Crippen molar-refractivity contribution in [2.24, 2.45) is 5.92 Å². The van der Waals surface area contributed by atoms with Crippen molar-refractivity contribution < 1.29 is 14.3 Å². The molecule has 0 bridgehead atoms. The summed E-state index contributed by atoms with van der Waals surface area (Å²) in [5, 5.41) is 2.97. The van der Waals surface area contributed by atoms with Crippen LogP contribution in [0.4, 0.5) is 0 Å². The molecule has 3 rings (SSSR count). The molecule has 2 fully saturated rings. The van der Waals surface area contributed by atoms with Gasteiger partial charge < -0.3 is 15.0 Å². The number of carbonyl (C=O) groups excluding carboxylic acids is 2. The molecule has 1 atom stereocenters. The van der Waals surface area contributed by atoms with Gasteiger partial charge in [-0.2, -0.15) is 0 Å². The molecule has 25 heavy (non-hydrogen) atoms. The number of likely N-dealkylation sites (tertiary alicyclic amines) is 1. The maximum Gasteiger partial charge on any atom is 0.225 e. The number of benzene rings is 1. The van der Waals surface area contributed by atoms with Gasteiger partial charge in [0.1, 0.15) is 0 Å². The molecule has 2 aliphatic heterocycles. The first kappa shape index (κ1) is 17.9. The van der Waals surface area contributed by atoms with Crippen molar-refractivity contribution in [2.75, 3.05) is 45.9 Å². The van der Waals surface area contributed by atoms with Gasteiger partial charge in [-0.1, -0.05) is 29.8 Å². The number of hydrogen-bond donors (Lipinski definition) is 1.